The highest BCUT2D eigenvalue weighted by atomic mass is 32.1. The van der Waals surface area contributed by atoms with Crippen LogP contribution in [0.4, 0.5) is 0 Å². The molecule has 0 radical (unpaired) electrons. The quantitative estimate of drug-likeness (QED) is 0.822. The van der Waals surface area contributed by atoms with Gasteiger partial charge in [-0.3, -0.25) is 0 Å². The molecule has 1 heterocycles. The summed E-state index contributed by atoms with van der Waals surface area (Å²) in [5, 5.41) is 8.22. The van der Waals surface area contributed by atoms with Crippen LogP contribution in [0.15, 0.2) is 16.8 Å². The molecule has 1 aromatic rings. The van der Waals surface area contributed by atoms with Gasteiger partial charge in [0.2, 0.25) is 0 Å². The second kappa shape index (κ2) is 4.67. The second-order valence-corrected chi connectivity index (χ2v) is 5.93. The first kappa shape index (κ1) is 11.2. The van der Waals surface area contributed by atoms with Crippen molar-refractivity contribution in [1.29, 1.82) is 0 Å². The van der Waals surface area contributed by atoms with E-state index in [0.717, 1.165) is 0 Å². The molecule has 1 N–H and O–H groups in total. The van der Waals surface area contributed by atoms with Crippen LogP contribution in [0.2, 0.25) is 0 Å². The lowest BCUT2D eigenvalue weighted by atomic mass is 9.98. The van der Waals surface area contributed by atoms with Gasteiger partial charge in [0, 0.05) is 11.6 Å². The standard InChI is InChI=1S/C13H21NS/c1-11(9-12-5-8-15-10-12)14-13(2)6-3-4-7-13/h5,8,10-11,14H,3-4,6-7,9H2,1-2H3. The average Bonchev–Trinajstić information content (AvgIpc) is 2.76. The number of hydrogen-bond donors (Lipinski definition) is 1. The molecule has 1 unspecified atom stereocenters. The van der Waals surface area contributed by atoms with Crippen LogP contribution in [-0.2, 0) is 6.42 Å². The van der Waals surface area contributed by atoms with Gasteiger partial charge < -0.3 is 5.32 Å². The summed E-state index contributed by atoms with van der Waals surface area (Å²) in [6.45, 7) is 4.69. The molecule has 1 atom stereocenters. The average molecular weight is 223 g/mol. The second-order valence-electron chi connectivity index (χ2n) is 5.15. The summed E-state index contributed by atoms with van der Waals surface area (Å²) in [5.41, 5.74) is 1.89. The molecule has 2 rings (SSSR count). The molecule has 0 aromatic carbocycles. The molecule has 1 fully saturated rings. The first-order valence-corrected chi connectivity index (χ1v) is 6.91. The smallest absolute Gasteiger partial charge is 0.0155 e. The summed E-state index contributed by atoms with van der Waals surface area (Å²) >= 11 is 1.80. The summed E-state index contributed by atoms with van der Waals surface area (Å²) in [4.78, 5) is 0. The van der Waals surface area contributed by atoms with Crippen molar-refractivity contribution >= 4 is 11.3 Å². The maximum absolute atomic E-state index is 3.80. The van der Waals surface area contributed by atoms with E-state index in [1.807, 2.05) is 0 Å². The minimum absolute atomic E-state index is 0.412. The van der Waals surface area contributed by atoms with Crippen molar-refractivity contribution in [2.24, 2.45) is 0 Å². The van der Waals surface area contributed by atoms with Crippen LogP contribution in [0.1, 0.15) is 45.1 Å². The third-order valence-corrected chi connectivity index (χ3v) is 4.16. The van der Waals surface area contributed by atoms with Crippen molar-refractivity contribution in [2.45, 2.75) is 57.5 Å². The Morgan fingerprint density at radius 2 is 2.20 bits per heavy atom. The molecular weight excluding hydrogens is 202 g/mol. The van der Waals surface area contributed by atoms with E-state index in [0.29, 0.717) is 11.6 Å². The van der Waals surface area contributed by atoms with Crippen LogP contribution in [0.5, 0.6) is 0 Å². The Hall–Kier alpha value is -0.340. The van der Waals surface area contributed by atoms with Gasteiger partial charge in [-0.25, -0.2) is 0 Å². The van der Waals surface area contributed by atoms with Crippen LogP contribution in [0.25, 0.3) is 0 Å². The van der Waals surface area contributed by atoms with Crippen molar-refractivity contribution in [3.05, 3.63) is 22.4 Å². The zero-order valence-electron chi connectivity index (χ0n) is 9.75. The van der Waals surface area contributed by atoms with Gasteiger partial charge >= 0.3 is 0 Å². The van der Waals surface area contributed by atoms with Crippen LogP contribution in [0.3, 0.4) is 0 Å². The number of nitrogens with one attached hydrogen (secondary N) is 1. The highest BCUT2D eigenvalue weighted by Gasteiger charge is 2.29. The van der Waals surface area contributed by atoms with Gasteiger partial charge in [0.05, 0.1) is 0 Å². The molecule has 0 spiro atoms. The highest BCUT2D eigenvalue weighted by molar-refractivity contribution is 7.07. The van der Waals surface area contributed by atoms with Gasteiger partial charge in [-0.05, 0) is 55.5 Å². The maximum Gasteiger partial charge on any atom is 0.0155 e. The zero-order chi connectivity index (χ0) is 10.7. The fourth-order valence-electron chi connectivity index (χ4n) is 2.71. The summed E-state index contributed by atoms with van der Waals surface area (Å²) in [6.07, 6.45) is 6.66. The molecule has 0 bridgehead atoms. The Morgan fingerprint density at radius 3 is 2.80 bits per heavy atom. The van der Waals surface area contributed by atoms with Gasteiger partial charge in [-0.2, -0.15) is 11.3 Å². The minimum atomic E-state index is 0.412. The van der Waals surface area contributed by atoms with E-state index in [-0.39, 0.29) is 0 Å². The van der Waals surface area contributed by atoms with Crippen LogP contribution >= 0.6 is 11.3 Å². The van der Waals surface area contributed by atoms with Crippen LogP contribution < -0.4 is 5.32 Å². The normalized spacial score (nSPS) is 21.7. The molecule has 1 aromatic heterocycles. The van der Waals surface area contributed by atoms with E-state index in [9.17, 15) is 0 Å². The fourth-order valence-corrected chi connectivity index (χ4v) is 3.39. The van der Waals surface area contributed by atoms with E-state index in [1.54, 1.807) is 11.3 Å². The number of rotatable bonds is 4. The maximum atomic E-state index is 3.80. The Morgan fingerprint density at radius 1 is 1.47 bits per heavy atom. The lowest BCUT2D eigenvalue weighted by Gasteiger charge is -2.29. The first-order valence-electron chi connectivity index (χ1n) is 5.97. The predicted molar refractivity (Wildman–Crippen MR) is 67.5 cm³/mol. The van der Waals surface area contributed by atoms with Gasteiger partial charge in [0.25, 0.3) is 0 Å². The largest absolute Gasteiger partial charge is 0.309 e. The van der Waals surface area contributed by atoms with E-state index in [4.69, 9.17) is 0 Å². The summed E-state index contributed by atoms with van der Waals surface area (Å²) in [5.74, 6) is 0. The van der Waals surface area contributed by atoms with E-state index in [2.05, 4.69) is 36.0 Å². The van der Waals surface area contributed by atoms with Crippen LogP contribution in [-0.4, -0.2) is 11.6 Å². The molecule has 84 valence electrons. The Labute approximate surface area is 96.9 Å². The summed E-state index contributed by atoms with van der Waals surface area (Å²) < 4.78 is 0. The molecule has 0 saturated heterocycles. The molecule has 2 heteroatoms. The van der Waals surface area contributed by atoms with Crippen molar-refractivity contribution in [2.75, 3.05) is 0 Å². The minimum Gasteiger partial charge on any atom is -0.309 e. The molecule has 0 amide bonds. The van der Waals surface area contributed by atoms with Crippen molar-refractivity contribution in [3.63, 3.8) is 0 Å². The Kier molecular flexibility index (Phi) is 3.47. The van der Waals surface area contributed by atoms with Crippen molar-refractivity contribution < 1.29 is 0 Å². The zero-order valence-corrected chi connectivity index (χ0v) is 10.6. The van der Waals surface area contributed by atoms with Crippen molar-refractivity contribution in [3.8, 4) is 0 Å². The summed E-state index contributed by atoms with van der Waals surface area (Å²) in [7, 11) is 0. The Bertz CT molecular complexity index is 285. The molecule has 1 saturated carbocycles. The molecule has 0 aliphatic heterocycles. The SMILES string of the molecule is CC(Cc1ccsc1)NC1(C)CCCC1. The molecule has 1 nitrogen and oxygen atoms in total. The molecule has 1 aliphatic rings. The van der Waals surface area contributed by atoms with Crippen molar-refractivity contribution in [1.82, 2.24) is 5.32 Å². The van der Waals surface area contributed by atoms with Gasteiger partial charge in [-0.1, -0.05) is 12.8 Å². The van der Waals surface area contributed by atoms with E-state index in [1.165, 1.54) is 37.7 Å². The number of hydrogen-bond acceptors (Lipinski definition) is 2. The predicted octanol–water partition coefficient (Wildman–Crippen LogP) is 3.60. The summed E-state index contributed by atoms with van der Waals surface area (Å²) in [6, 6.07) is 2.84. The first-order chi connectivity index (χ1) is 7.18. The Balaban J connectivity index is 1.84. The number of thiophene rings is 1. The van der Waals surface area contributed by atoms with E-state index >= 15 is 0 Å². The van der Waals surface area contributed by atoms with Gasteiger partial charge in [0.1, 0.15) is 0 Å². The van der Waals surface area contributed by atoms with Gasteiger partial charge in [-0.15, -0.1) is 0 Å². The van der Waals surface area contributed by atoms with E-state index < -0.39 is 0 Å². The molecule has 1 aliphatic carbocycles. The third kappa shape index (κ3) is 3.05. The molecular formula is C13H21NS. The van der Waals surface area contributed by atoms with Gasteiger partial charge in [0.15, 0.2) is 0 Å². The fraction of sp³-hybridized carbons (Fsp3) is 0.692. The lowest BCUT2D eigenvalue weighted by Crippen LogP contribution is -2.45. The van der Waals surface area contributed by atoms with Crippen LogP contribution in [0, 0.1) is 0 Å². The third-order valence-electron chi connectivity index (χ3n) is 3.42. The monoisotopic (exact) mass is 223 g/mol. The molecule has 15 heavy (non-hydrogen) atoms. The lowest BCUT2D eigenvalue weighted by molar-refractivity contribution is 0.323. The topological polar surface area (TPSA) is 12.0 Å². The highest BCUT2D eigenvalue weighted by Crippen LogP contribution is 2.29.